The summed E-state index contributed by atoms with van der Waals surface area (Å²) in [5, 5.41) is 0.748. The second kappa shape index (κ2) is 12.9. The van der Waals surface area contributed by atoms with Crippen molar-refractivity contribution in [2.24, 2.45) is 16.2 Å². The van der Waals surface area contributed by atoms with Crippen LogP contribution in [0.2, 0.25) is 5.02 Å². The molecule has 2 aromatic rings. The van der Waals surface area contributed by atoms with Crippen LogP contribution in [0, 0.1) is 11.8 Å². The number of methoxy groups -OCH3 is 1. The number of anilines is 1. The van der Waals surface area contributed by atoms with E-state index in [9.17, 15) is 13.8 Å². The number of rotatable bonds is 3. The maximum absolute atomic E-state index is 13.8. The molecule has 5 atom stereocenters. The van der Waals surface area contributed by atoms with E-state index in [1.165, 1.54) is 11.1 Å². The predicted octanol–water partition coefficient (Wildman–Crippen LogP) is 6.25. The molecular formula is C34H42ClN3O5S. The first-order valence-corrected chi connectivity index (χ1v) is 17.9. The van der Waals surface area contributed by atoms with E-state index in [0.29, 0.717) is 36.8 Å². The van der Waals surface area contributed by atoms with Crippen LogP contribution in [0.3, 0.4) is 0 Å². The third-order valence-corrected chi connectivity index (χ3v) is 11.9. The summed E-state index contributed by atoms with van der Waals surface area (Å²) in [6, 6.07) is 11.6. The van der Waals surface area contributed by atoms with E-state index in [0.717, 1.165) is 61.7 Å². The lowest BCUT2D eigenvalue weighted by Gasteiger charge is -2.46. The fourth-order valence-electron chi connectivity index (χ4n) is 7.36. The van der Waals surface area contributed by atoms with Crippen molar-refractivity contribution in [3.8, 4) is 5.75 Å². The number of allylic oxidation sites excluding steroid dienone is 1. The third kappa shape index (κ3) is 6.28. The second-order valence-electron chi connectivity index (χ2n) is 12.7. The Morgan fingerprint density at radius 2 is 2.09 bits per heavy atom. The standard InChI is InChI=1S/C34H42ClN3O5S/c1-3-32(39)36-44(41)17-6-4-5-9-30(42-2)27-13-10-25(27)20-38-21-34(16-7-8-23-18-26(35)12-14-28(23)34)22-43-31-15-11-24(19-29(31)38)33(40)37-44/h5,9,11-12,14-15,18-19,25,27,30H,3-4,6-8,10,13,16-17,20-22H2,1-2H3,(H,36,37,39,40,41)/b9-5-/t25-,27+,30?,34-,44?/m0/s1. The number of nitrogens with zero attached hydrogens (tertiary/aromatic N) is 2. The Morgan fingerprint density at radius 1 is 1.23 bits per heavy atom. The predicted molar refractivity (Wildman–Crippen MR) is 174 cm³/mol. The van der Waals surface area contributed by atoms with Crippen molar-refractivity contribution in [2.75, 3.05) is 37.5 Å². The number of amides is 2. The van der Waals surface area contributed by atoms with Crippen LogP contribution in [0.25, 0.3) is 0 Å². The summed E-state index contributed by atoms with van der Waals surface area (Å²) in [5.74, 6) is 0.603. The molecule has 0 saturated heterocycles. The smallest absolute Gasteiger partial charge is 0.286 e. The van der Waals surface area contributed by atoms with E-state index in [-0.39, 0.29) is 23.7 Å². The first-order valence-electron chi connectivity index (χ1n) is 15.8. The molecule has 236 valence electrons. The van der Waals surface area contributed by atoms with Gasteiger partial charge in [-0.2, -0.15) is 0 Å². The minimum absolute atomic E-state index is 0.0161. The molecule has 2 aliphatic carbocycles. The van der Waals surface area contributed by atoms with Gasteiger partial charge in [-0.25, -0.2) is 4.21 Å². The molecule has 10 heteroatoms. The fraction of sp³-hybridized carbons (Fsp3) is 0.529. The number of carbonyl (C=O) groups is 2. The van der Waals surface area contributed by atoms with Crippen LogP contribution < -0.4 is 14.4 Å². The van der Waals surface area contributed by atoms with Crippen LogP contribution in [-0.2, 0) is 31.3 Å². The van der Waals surface area contributed by atoms with Gasteiger partial charge in [-0.1, -0.05) is 36.7 Å². The molecule has 2 aromatic carbocycles. The van der Waals surface area contributed by atoms with E-state index < -0.39 is 21.7 Å². The van der Waals surface area contributed by atoms with Crippen LogP contribution in [0.1, 0.15) is 73.4 Å². The van der Waals surface area contributed by atoms with Gasteiger partial charge in [-0.05, 0) is 98.2 Å². The largest absolute Gasteiger partial charge is 0.490 e. The molecule has 2 amide bonds. The number of hydrogen-bond donors (Lipinski definition) is 1. The number of halogens is 1. The molecule has 44 heavy (non-hydrogen) atoms. The average molecular weight is 640 g/mol. The molecule has 2 bridgehead atoms. The number of carbonyl (C=O) groups excluding carboxylic acids is 2. The van der Waals surface area contributed by atoms with E-state index in [1.807, 2.05) is 18.2 Å². The molecule has 4 aliphatic rings. The Hall–Kier alpha value is -2.88. The van der Waals surface area contributed by atoms with E-state index in [1.54, 1.807) is 20.1 Å². The van der Waals surface area contributed by atoms with Gasteiger partial charge < -0.3 is 14.4 Å². The van der Waals surface area contributed by atoms with Gasteiger partial charge >= 0.3 is 0 Å². The van der Waals surface area contributed by atoms with Crippen molar-refractivity contribution in [3.05, 3.63) is 70.3 Å². The van der Waals surface area contributed by atoms with Gasteiger partial charge in [0.2, 0.25) is 5.91 Å². The summed E-state index contributed by atoms with van der Waals surface area (Å²) in [6.07, 6.45) is 10.7. The van der Waals surface area contributed by atoms with Crippen LogP contribution in [0.5, 0.6) is 5.75 Å². The molecule has 1 saturated carbocycles. The molecule has 8 nitrogen and oxygen atoms in total. The molecule has 0 radical (unpaired) electrons. The van der Waals surface area contributed by atoms with Crippen LogP contribution >= 0.6 is 11.6 Å². The zero-order valence-corrected chi connectivity index (χ0v) is 27.1. The summed E-state index contributed by atoms with van der Waals surface area (Å²) in [5.41, 5.74) is 3.50. The highest BCUT2D eigenvalue weighted by Gasteiger charge is 2.44. The Bertz CT molecular complexity index is 1580. The highest BCUT2D eigenvalue weighted by atomic mass is 35.5. The van der Waals surface area contributed by atoms with Gasteiger partial charge in [-0.15, -0.1) is 4.36 Å². The number of hydrogen-bond acceptors (Lipinski definition) is 6. The fourth-order valence-corrected chi connectivity index (χ4v) is 9.23. The maximum atomic E-state index is 13.8. The first kappa shape index (κ1) is 31.1. The summed E-state index contributed by atoms with van der Waals surface area (Å²) in [6.45, 7) is 3.75. The van der Waals surface area contributed by atoms with Crippen molar-refractivity contribution in [2.45, 2.75) is 69.8 Å². The van der Waals surface area contributed by atoms with Crippen molar-refractivity contribution in [1.29, 1.82) is 0 Å². The molecule has 1 N–H and O–H groups in total. The van der Waals surface area contributed by atoms with Gasteiger partial charge in [0.25, 0.3) is 5.91 Å². The lowest BCUT2D eigenvalue weighted by Crippen LogP contribution is -2.49. The van der Waals surface area contributed by atoms with Gasteiger partial charge in [0.05, 0.1) is 24.2 Å². The molecular weight excluding hydrogens is 598 g/mol. The number of benzene rings is 2. The lowest BCUT2D eigenvalue weighted by molar-refractivity contribution is -0.118. The Kier molecular flexibility index (Phi) is 9.09. The van der Waals surface area contributed by atoms with Crippen LogP contribution in [-0.4, -0.2) is 54.7 Å². The molecule has 1 spiro atoms. The van der Waals surface area contributed by atoms with Crippen molar-refractivity contribution in [3.63, 3.8) is 0 Å². The Balaban J connectivity index is 1.44. The minimum Gasteiger partial charge on any atom is -0.490 e. The van der Waals surface area contributed by atoms with Gasteiger partial charge in [0, 0.05) is 42.6 Å². The van der Waals surface area contributed by atoms with E-state index >= 15 is 0 Å². The zero-order chi connectivity index (χ0) is 30.9. The Morgan fingerprint density at radius 3 is 2.86 bits per heavy atom. The van der Waals surface area contributed by atoms with Gasteiger partial charge in [0.1, 0.15) is 15.7 Å². The van der Waals surface area contributed by atoms with E-state index in [4.69, 9.17) is 21.1 Å². The quantitative estimate of drug-likeness (QED) is 0.399. The highest BCUT2D eigenvalue weighted by molar-refractivity contribution is 7.92. The van der Waals surface area contributed by atoms with E-state index in [2.05, 4.69) is 38.3 Å². The van der Waals surface area contributed by atoms with Crippen molar-refractivity contribution >= 4 is 39.0 Å². The first-order chi connectivity index (χ1) is 21.2. The monoisotopic (exact) mass is 639 g/mol. The van der Waals surface area contributed by atoms with Gasteiger partial charge in [-0.3, -0.25) is 14.3 Å². The van der Waals surface area contributed by atoms with Crippen molar-refractivity contribution < 1.29 is 23.3 Å². The lowest BCUT2D eigenvalue weighted by atomic mass is 9.68. The average Bonchev–Trinajstić information content (AvgIpc) is 3.14. The SMILES string of the molecule is CCC(=O)NS1(=O)=NC(=O)c2ccc3c(c2)N(C[C@@H]2CC[C@H]2C(OC)/C=C\CCC1)C[C@@]1(CCCc2cc(Cl)ccc21)CO3. The Labute approximate surface area is 265 Å². The van der Waals surface area contributed by atoms with Crippen LogP contribution in [0.15, 0.2) is 52.9 Å². The summed E-state index contributed by atoms with van der Waals surface area (Å²) < 4.78 is 33.1. The number of fused-ring (bicyclic) bond motifs is 4. The number of ether oxygens (including phenoxy) is 2. The zero-order valence-electron chi connectivity index (χ0n) is 25.6. The second-order valence-corrected chi connectivity index (χ2v) is 15.2. The normalized spacial score (nSPS) is 30.9. The minimum atomic E-state index is -3.30. The number of nitrogens with one attached hydrogen (secondary N) is 1. The van der Waals surface area contributed by atoms with Crippen molar-refractivity contribution in [1.82, 2.24) is 4.72 Å². The summed E-state index contributed by atoms with van der Waals surface area (Å²) in [7, 11) is -1.54. The molecule has 2 heterocycles. The summed E-state index contributed by atoms with van der Waals surface area (Å²) >= 11 is 6.42. The summed E-state index contributed by atoms with van der Waals surface area (Å²) in [4.78, 5) is 28.3. The third-order valence-electron chi connectivity index (χ3n) is 9.85. The molecule has 2 unspecified atom stereocenters. The molecule has 2 aliphatic heterocycles. The highest BCUT2D eigenvalue weighted by Crippen LogP contribution is 2.47. The topological polar surface area (TPSA) is 97.3 Å². The molecule has 6 rings (SSSR count). The van der Waals surface area contributed by atoms with Gasteiger partial charge in [0.15, 0.2) is 0 Å². The van der Waals surface area contributed by atoms with Crippen LogP contribution in [0.4, 0.5) is 5.69 Å². The number of aryl methyl sites for hydroxylation is 1. The maximum Gasteiger partial charge on any atom is 0.286 e. The molecule has 0 aromatic heterocycles. The molecule has 1 fully saturated rings.